The minimum Gasteiger partial charge on any atom is -0.339 e. The second-order valence-corrected chi connectivity index (χ2v) is 10.8. The molecule has 1 N–H and O–H groups in total. The number of nitrogens with one attached hydrogen (secondary N) is 1. The molecule has 10 nitrogen and oxygen atoms in total. The van der Waals surface area contributed by atoms with Crippen molar-refractivity contribution in [1.82, 2.24) is 24.8 Å². The van der Waals surface area contributed by atoms with Crippen molar-refractivity contribution >= 4 is 40.2 Å². The Hall–Kier alpha value is -4.91. The number of nitrogens with zero attached hydrogens (tertiary/aromatic N) is 7. The Kier molecular flexibility index (Phi) is 7.62. The van der Waals surface area contributed by atoms with Crippen LogP contribution in [-0.2, 0) is 16.6 Å². The summed E-state index contributed by atoms with van der Waals surface area (Å²) in [5, 5.41) is 12.9. The number of fused-ring (bicyclic) bond motifs is 1. The molecule has 0 aliphatic carbocycles. The van der Waals surface area contributed by atoms with Crippen molar-refractivity contribution in [2.75, 3.05) is 36.4 Å². The van der Waals surface area contributed by atoms with E-state index >= 15 is 0 Å². The highest BCUT2D eigenvalue weighted by Crippen LogP contribution is 2.27. The number of carbonyl (C=O) groups is 2. The quantitative estimate of drug-likeness (QED) is 0.335. The molecule has 0 spiro atoms. The zero-order valence-electron chi connectivity index (χ0n) is 23.7. The third-order valence-corrected chi connectivity index (χ3v) is 7.48. The number of hydrogen-bond acceptors (Lipinski definition) is 9. The molecule has 0 bridgehead atoms. The number of ketones is 1. The third-order valence-electron chi connectivity index (χ3n) is 7.48. The summed E-state index contributed by atoms with van der Waals surface area (Å²) in [6.07, 6.45) is 3.37. The van der Waals surface area contributed by atoms with E-state index < -0.39 is 5.41 Å². The summed E-state index contributed by atoms with van der Waals surface area (Å²) in [7, 11) is 0. The predicted octanol–water partition coefficient (Wildman–Crippen LogP) is 4.37. The summed E-state index contributed by atoms with van der Waals surface area (Å²) in [5.74, 6) is 1.15. The molecule has 1 amide bonds. The summed E-state index contributed by atoms with van der Waals surface area (Å²) >= 11 is 0. The lowest BCUT2D eigenvalue weighted by Gasteiger charge is -2.34. The number of benzene rings is 2. The van der Waals surface area contributed by atoms with E-state index in [2.05, 4.69) is 31.2 Å². The van der Waals surface area contributed by atoms with Crippen LogP contribution in [0.5, 0.6) is 0 Å². The van der Waals surface area contributed by atoms with Gasteiger partial charge in [-0.25, -0.2) is 19.9 Å². The molecule has 5 rings (SSSR count). The van der Waals surface area contributed by atoms with Crippen LogP contribution in [0.4, 0.5) is 17.5 Å². The van der Waals surface area contributed by atoms with Crippen LogP contribution in [0.25, 0.3) is 11.0 Å². The Morgan fingerprint density at radius 3 is 2.56 bits per heavy atom. The van der Waals surface area contributed by atoms with Gasteiger partial charge in [0.05, 0.1) is 17.7 Å². The molecule has 208 valence electrons. The Labute approximate surface area is 239 Å². The molecule has 0 unspecified atom stereocenters. The lowest BCUT2D eigenvalue weighted by Crippen LogP contribution is -2.48. The molecule has 3 heterocycles. The van der Waals surface area contributed by atoms with Gasteiger partial charge in [0.2, 0.25) is 11.9 Å². The number of carbonyl (C=O) groups excluding carboxylic acids is 2. The number of hydrogen-bond donors (Lipinski definition) is 1. The van der Waals surface area contributed by atoms with Gasteiger partial charge in [-0.1, -0.05) is 30.3 Å². The Balaban J connectivity index is 1.37. The zero-order chi connectivity index (χ0) is 29.1. The third kappa shape index (κ3) is 5.99. The minimum atomic E-state index is -0.677. The van der Waals surface area contributed by atoms with E-state index in [9.17, 15) is 14.9 Å². The molecule has 2 aromatic carbocycles. The fraction of sp³-hybridized carbons (Fsp3) is 0.323. The average molecular weight is 549 g/mol. The molecule has 41 heavy (non-hydrogen) atoms. The molecule has 1 aliphatic heterocycles. The van der Waals surface area contributed by atoms with Crippen LogP contribution < -0.4 is 10.2 Å². The first-order chi connectivity index (χ1) is 19.6. The Morgan fingerprint density at radius 2 is 1.83 bits per heavy atom. The molecule has 0 atom stereocenters. The topological polar surface area (TPSA) is 128 Å². The highest BCUT2D eigenvalue weighted by atomic mass is 16.2. The minimum absolute atomic E-state index is 0.0230. The van der Waals surface area contributed by atoms with Crippen LogP contribution in [0.15, 0.2) is 55.0 Å². The summed E-state index contributed by atoms with van der Waals surface area (Å²) in [6.45, 7) is 9.79. The smallest absolute Gasteiger partial charge is 0.226 e. The first-order valence-corrected chi connectivity index (χ1v) is 13.5. The summed E-state index contributed by atoms with van der Waals surface area (Å²) in [4.78, 5) is 46.9. The number of piperazine rings is 1. The van der Waals surface area contributed by atoms with Crippen molar-refractivity contribution in [3.05, 3.63) is 77.2 Å². The van der Waals surface area contributed by atoms with Crippen molar-refractivity contribution in [3.63, 3.8) is 0 Å². The van der Waals surface area contributed by atoms with Crippen LogP contribution >= 0.6 is 0 Å². The van der Waals surface area contributed by atoms with Gasteiger partial charge in [-0.05, 0) is 49.6 Å². The Morgan fingerprint density at radius 1 is 1.05 bits per heavy atom. The van der Waals surface area contributed by atoms with E-state index in [1.807, 2.05) is 62.1 Å². The van der Waals surface area contributed by atoms with Crippen molar-refractivity contribution in [2.24, 2.45) is 0 Å². The van der Waals surface area contributed by atoms with Gasteiger partial charge >= 0.3 is 0 Å². The van der Waals surface area contributed by atoms with E-state index in [1.165, 1.54) is 6.33 Å². The molecule has 0 saturated carbocycles. The average Bonchev–Trinajstić information content (AvgIpc) is 2.99. The van der Waals surface area contributed by atoms with Gasteiger partial charge in [-0.15, -0.1) is 0 Å². The monoisotopic (exact) mass is 548 g/mol. The van der Waals surface area contributed by atoms with Crippen LogP contribution in [0.2, 0.25) is 0 Å². The molecule has 4 aromatic rings. The first kappa shape index (κ1) is 27.6. The predicted molar refractivity (Wildman–Crippen MR) is 157 cm³/mol. The highest BCUT2D eigenvalue weighted by Gasteiger charge is 2.22. The van der Waals surface area contributed by atoms with Crippen molar-refractivity contribution in [3.8, 4) is 6.07 Å². The van der Waals surface area contributed by atoms with Gasteiger partial charge in [-0.2, -0.15) is 5.26 Å². The second kappa shape index (κ2) is 11.3. The molecule has 0 radical (unpaired) electrons. The lowest BCUT2D eigenvalue weighted by atomic mass is 9.85. The largest absolute Gasteiger partial charge is 0.339 e. The number of anilines is 3. The number of aromatic nitrogens is 4. The van der Waals surface area contributed by atoms with Crippen LogP contribution in [0.3, 0.4) is 0 Å². The molecule has 2 aromatic heterocycles. The van der Waals surface area contributed by atoms with Gasteiger partial charge in [0, 0.05) is 50.8 Å². The van der Waals surface area contributed by atoms with Crippen molar-refractivity contribution < 1.29 is 9.59 Å². The maximum atomic E-state index is 13.2. The van der Waals surface area contributed by atoms with E-state index in [-0.39, 0.29) is 18.1 Å². The lowest BCUT2D eigenvalue weighted by molar-refractivity contribution is -0.129. The molecular formula is C31H32N8O2. The van der Waals surface area contributed by atoms with Crippen LogP contribution in [0.1, 0.15) is 47.8 Å². The molecular weight excluding hydrogens is 516 g/mol. The van der Waals surface area contributed by atoms with Crippen molar-refractivity contribution in [2.45, 2.75) is 39.5 Å². The zero-order valence-corrected chi connectivity index (χ0v) is 23.7. The SMILES string of the molecule is CC(=O)N1CCN(c2ncc3ncnc(Nc4cc(CC(=O)c5cccc(C(C)(C)C#N)c5)ccc4C)c3n2)CC1. The van der Waals surface area contributed by atoms with Gasteiger partial charge in [-0.3, -0.25) is 9.59 Å². The molecule has 1 fully saturated rings. The number of Topliss-reactive ketones (excluding diaryl/α,β-unsaturated/α-hetero) is 1. The van der Waals surface area contributed by atoms with Crippen LogP contribution in [0, 0.1) is 18.3 Å². The van der Waals surface area contributed by atoms with Gasteiger partial charge in [0.15, 0.2) is 11.6 Å². The molecule has 1 saturated heterocycles. The van der Waals surface area contributed by atoms with Crippen molar-refractivity contribution in [1.29, 1.82) is 5.26 Å². The second-order valence-electron chi connectivity index (χ2n) is 10.8. The fourth-order valence-corrected chi connectivity index (χ4v) is 4.78. The van der Waals surface area contributed by atoms with E-state index in [0.29, 0.717) is 54.5 Å². The van der Waals surface area contributed by atoms with Gasteiger partial charge < -0.3 is 15.1 Å². The maximum absolute atomic E-state index is 13.2. The Bertz CT molecular complexity index is 1670. The van der Waals surface area contributed by atoms with Gasteiger partial charge in [0.25, 0.3) is 0 Å². The highest BCUT2D eigenvalue weighted by molar-refractivity contribution is 5.98. The number of rotatable bonds is 7. The summed E-state index contributed by atoms with van der Waals surface area (Å²) in [5.41, 5.74) is 4.56. The standard InChI is InChI=1S/C31H32N8O2/c1-20-8-9-22(15-27(41)23-6-5-7-24(16-23)31(3,4)18-32)14-25(20)36-29-28-26(34-19-35-29)17-33-30(37-28)39-12-10-38(11-13-39)21(2)40/h5-9,14,16-17,19H,10-13,15H2,1-4H3,(H,34,35,36). The molecule has 10 heteroatoms. The fourth-order valence-electron chi connectivity index (χ4n) is 4.78. The molecule has 1 aliphatic rings. The summed E-state index contributed by atoms with van der Waals surface area (Å²) in [6, 6.07) is 15.5. The number of amides is 1. The number of aryl methyl sites for hydroxylation is 1. The summed E-state index contributed by atoms with van der Waals surface area (Å²) < 4.78 is 0. The first-order valence-electron chi connectivity index (χ1n) is 13.5. The van der Waals surface area contributed by atoms with Gasteiger partial charge in [0.1, 0.15) is 17.4 Å². The maximum Gasteiger partial charge on any atom is 0.226 e. The van der Waals surface area contributed by atoms with E-state index in [1.54, 1.807) is 19.2 Å². The van der Waals surface area contributed by atoms with E-state index in [0.717, 1.165) is 22.4 Å². The van der Waals surface area contributed by atoms with E-state index in [4.69, 9.17) is 4.98 Å². The normalized spacial score (nSPS) is 13.6. The van der Waals surface area contributed by atoms with Crippen LogP contribution in [-0.4, -0.2) is 62.7 Å². The number of nitriles is 1.